The Bertz CT molecular complexity index is 194. The zero-order valence-electron chi connectivity index (χ0n) is 9.37. The van der Waals surface area contributed by atoms with Crippen LogP contribution in [0.5, 0.6) is 0 Å². The molecular formula is C13H22O. The van der Waals surface area contributed by atoms with Crippen molar-refractivity contribution in [3.63, 3.8) is 0 Å². The Balaban J connectivity index is 2.32. The monoisotopic (exact) mass is 194 g/mol. The topological polar surface area (TPSA) is 20.2 Å². The predicted octanol–water partition coefficient (Wildman–Crippen LogP) is 2.83. The Hall–Kier alpha value is -0.480. The van der Waals surface area contributed by atoms with Crippen molar-refractivity contribution in [3.05, 3.63) is 0 Å². The fourth-order valence-electron chi connectivity index (χ4n) is 2.48. The van der Waals surface area contributed by atoms with Gasteiger partial charge in [-0.3, -0.25) is 0 Å². The summed E-state index contributed by atoms with van der Waals surface area (Å²) in [7, 11) is 0. The minimum absolute atomic E-state index is 0.256. The van der Waals surface area contributed by atoms with Crippen molar-refractivity contribution in [1.29, 1.82) is 0 Å². The smallest absolute Gasteiger partial charge is 0.0677 e. The molecule has 1 aliphatic rings. The molecular weight excluding hydrogens is 172 g/mol. The third-order valence-electron chi connectivity index (χ3n) is 3.63. The Morgan fingerprint density at radius 1 is 1.21 bits per heavy atom. The molecule has 1 fully saturated rings. The first kappa shape index (κ1) is 11.6. The normalized spacial score (nSPS) is 29.9. The van der Waals surface area contributed by atoms with E-state index in [0.29, 0.717) is 12.3 Å². The van der Waals surface area contributed by atoms with Gasteiger partial charge in [0.05, 0.1) is 6.10 Å². The molecule has 1 unspecified atom stereocenters. The highest BCUT2D eigenvalue weighted by Gasteiger charge is 2.27. The van der Waals surface area contributed by atoms with E-state index >= 15 is 0 Å². The Kier molecular flexibility index (Phi) is 4.48. The van der Waals surface area contributed by atoms with Gasteiger partial charge in [0.2, 0.25) is 0 Å². The average molecular weight is 194 g/mol. The highest BCUT2D eigenvalue weighted by Crippen LogP contribution is 2.35. The van der Waals surface area contributed by atoms with Crippen LogP contribution in [0.2, 0.25) is 0 Å². The zero-order chi connectivity index (χ0) is 10.6. The van der Waals surface area contributed by atoms with E-state index in [9.17, 15) is 5.11 Å². The molecule has 1 atom stereocenters. The van der Waals surface area contributed by atoms with E-state index in [2.05, 4.69) is 19.8 Å². The van der Waals surface area contributed by atoms with E-state index in [1.54, 1.807) is 0 Å². The van der Waals surface area contributed by atoms with Gasteiger partial charge in [0.25, 0.3) is 0 Å². The third-order valence-corrected chi connectivity index (χ3v) is 3.63. The molecule has 80 valence electrons. The van der Waals surface area contributed by atoms with Crippen LogP contribution in [0.4, 0.5) is 0 Å². The van der Waals surface area contributed by atoms with Crippen LogP contribution >= 0.6 is 0 Å². The minimum atomic E-state index is -0.256. The fraction of sp³-hybridized carbons (Fsp3) is 0.846. The summed E-state index contributed by atoms with van der Waals surface area (Å²) in [5.41, 5.74) is 0. The average Bonchev–Trinajstić information content (AvgIpc) is 2.18. The first-order valence-corrected chi connectivity index (χ1v) is 5.76. The maximum atomic E-state index is 9.76. The molecule has 1 nitrogen and oxygen atoms in total. The van der Waals surface area contributed by atoms with Crippen LogP contribution in [0.25, 0.3) is 0 Å². The molecule has 1 saturated carbocycles. The highest BCUT2D eigenvalue weighted by atomic mass is 16.3. The fourth-order valence-corrected chi connectivity index (χ4v) is 2.48. The van der Waals surface area contributed by atoms with E-state index in [0.717, 1.165) is 24.7 Å². The lowest BCUT2D eigenvalue weighted by Gasteiger charge is -2.32. The first-order chi connectivity index (χ1) is 6.65. The lowest BCUT2D eigenvalue weighted by atomic mass is 9.75. The maximum Gasteiger partial charge on any atom is 0.0677 e. The summed E-state index contributed by atoms with van der Waals surface area (Å²) in [5.74, 6) is 4.67. The van der Waals surface area contributed by atoms with Crippen LogP contribution in [0.1, 0.15) is 46.0 Å². The summed E-state index contributed by atoms with van der Waals surface area (Å²) in [6.45, 7) is 4.59. The van der Waals surface area contributed by atoms with Crippen LogP contribution in [0, 0.1) is 30.1 Å². The Morgan fingerprint density at radius 2 is 1.71 bits per heavy atom. The number of aliphatic hydroxyl groups is 1. The number of aliphatic hydroxyl groups excluding tert-OH is 1. The third kappa shape index (κ3) is 3.03. The molecule has 0 saturated heterocycles. The molecule has 0 radical (unpaired) electrons. The summed E-state index contributed by atoms with van der Waals surface area (Å²) in [5, 5.41) is 9.76. The molecule has 1 heteroatoms. The van der Waals surface area contributed by atoms with E-state index in [4.69, 9.17) is 6.42 Å². The second-order valence-corrected chi connectivity index (χ2v) is 4.89. The molecule has 0 bridgehead atoms. The molecule has 0 amide bonds. The summed E-state index contributed by atoms with van der Waals surface area (Å²) in [6.07, 6.45) is 10.3. The summed E-state index contributed by atoms with van der Waals surface area (Å²) in [6, 6.07) is 0. The van der Waals surface area contributed by atoms with Gasteiger partial charge in [0.15, 0.2) is 0 Å². The first-order valence-electron chi connectivity index (χ1n) is 5.76. The van der Waals surface area contributed by atoms with Gasteiger partial charge < -0.3 is 5.11 Å². The molecule has 1 rings (SSSR count). The van der Waals surface area contributed by atoms with Crippen molar-refractivity contribution in [2.75, 3.05) is 0 Å². The van der Waals surface area contributed by atoms with Crippen molar-refractivity contribution >= 4 is 0 Å². The van der Waals surface area contributed by atoms with Gasteiger partial charge in [-0.2, -0.15) is 0 Å². The minimum Gasteiger partial charge on any atom is -0.392 e. The van der Waals surface area contributed by atoms with Gasteiger partial charge >= 0.3 is 0 Å². The second kappa shape index (κ2) is 5.41. The maximum absolute atomic E-state index is 9.76. The van der Waals surface area contributed by atoms with Gasteiger partial charge in [0.1, 0.15) is 0 Å². The van der Waals surface area contributed by atoms with Crippen molar-refractivity contribution in [2.24, 2.45) is 17.8 Å². The van der Waals surface area contributed by atoms with Gasteiger partial charge in [-0.25, -0.2) is 0 Å². The lowest BCUT2D eigenvalue weighted by molar-refractivity contribution is 0.0710. The Labute approximate surface area is 87.9 Å². The molecule has 0 aliphatic heterocycles. The van der Waals surface area contributed by atoms with Crippen LogP contribution in [0.3, 0.4) is 0 Å². The highest BCUT2D eigenvalue weighted by molar-refractivity contribution is 4.90. The SMILES string of the molecule is C#CCC(O)C1CCC(C(C)C)CC1. The van der Waals surface area contributed by atoms with Crippen LogP contribution in [-0.4, -0.2) is 11.2 Å². The number of hydrogen-bond donors (Lipinski definition) is 1. The second-order valence-electron chi connectivity index (χ2n) is 4.89. The molecule has 14 heavy (non-hydrogen) atoms. The number of hydrogen-bond acceptors (Lipinski definition) is 1. The van der Waals surface area contributed by atoms with Gasteiger partial charge in [-0.05, 0) is 43.4 Å². The molecule has 0 spiro atoms. The van der Waals surface area contributed by atoms with Crippen molar-refractivity contribution < 1.29 is 5.11 Å². The Morgan fingerprint density at radius 3 is 2.14 bits per heavy atom. The van der Waals surface area contributed by atoms with E-state index in [1.165, 1.54) is 12.8 Å². The summed E-state index contributed by atoms with van der Waals surface area (Å²) >= 11 is 0. The number of terminal acetylenes is 1. The lowest BCUT2D eigenvalue weighted by Crippen LogP contribution is -2.27. The van der Waals surface area contributed by atoms with Crippen molar-refractivity contribution in [2.45, 2.75) is 52.1 Å². The van der Waals surface area contributed by atoms with Crippen LogP contribution < -0.4 is 0 Å². The van der Waals surface area contributed by atoms with Gasteiger partial charge in [0, 0.05) is 6.42 Å². The molecule has 1 N–H and O–H groups in total. The van der Waals surface area contributed by atoms with E-state index in [1.807, 2.05) is 0 Å². The summed E-state index contributed by atoms with van der Waals surface area (Å²) < 4.78 is 0. The quantitative estimate of drug-likeness (QED) is 0.685. The van der Waals surface area contributed by atoms with Crippen molar-refractivity contribution in [3.8, 4) is 12.3 Å². The zero-order valence-corrected chi connectivity index (χ0v) is 9.37. The van der Waals surface area contributed by atoms with Crippen LogP contribution in [0.15, 0.2) is 0 Å². The molecule has 0 heterocycles. The van der Waals surface area contributed by atoms with Gasteiger partial charge in [-0.1, -0.05) is 13.8 Å². The number of rotatable bonds is 3. The van der Waals surface area contributed by atoms with E-state index in [-0.39, 0.29) is 6.10 Å². The standard InChI is InChI=1S/C13H22O/c1-4-5-13(14)12-8-6-11(7-9-12)10(2)3/h1,10-14H,5-9H2,2-3H3. The van der Waals surface area contributed by atoms with Crippen molar-refractivity contribution in [1.82, 2.24) is 0 Å². The molecule has 0 aromatic heterocycles. The van der Waals surface area contributed by atoms with Crippen LogP contribution in [-0.2, 0) is 0 Å². The molecule has 1 aliphatic carbocycles. The molecule has 0 aromatic rings. The summed E-state index contributed by atoms with van der Waals surface area (Å²) in [4.78, 5) is 0. The van der Waals surface area contributed by atoms with Gasteiger partial charge in [-0.15, -0.1) is 12.3 Å². The largest absolute Gasteiger partial charge is 0.392 e. The van der Waals surface area contributed by atoms with E-state index < -0.39 is 0 Å². The molecule has 0 aromatic carbocycles. The predicted molar refractivity (Wildman–Crippen MR) is 59.7 cm³/mol.